The van der Waals surface area contributed by atoms with E-state index in [1.165, 1.54) is 19.2 Å². The van der Waals surface area contributed by atoms with Gasteiger partial charge in [0.15, 0.2) is 0 Å². The van der Waals surface area contributed by atoms with Crippen molar-refractivity contribution in [3.8, 4) is 6.07 Å². The maximum atomic E-state index is 10.8. The van der Waals surface area contributed by atoms with Crippen LogP contribution in [0.2, 0.25) is 5.02 Å². The Bertz CT molecular complexity index is 398. The molecule has 0 atom stereocenters. The molecule has 0 aliphatic carbocycles. The van der Waals surface area contributed by atoms with E-state index in [4.69, 9.17) is 16.9 Å². The average Bonchev–Trinajstić information content (AvgIpc) is 2.18. The summed E-state index contributed by atoms with van der Waals surface area (Å²) in [5.41, 5.74) is 0.850. The van der Waals surface area contributed by atoms with E-state index in [0.717, 1.165) is 0 Å². The molecule has 0 saturated heterocycles. The van der Waals surface area contributed by atoms with E-state index in [2.05, 4.69) is 10.1 Å². The van der Waals surface area contributed by atoms with Gasteiger partial charge in [-0.3, -0.25) is 5.32 Å². The van der Waals surface area contributed by atoms with E-state index in [-0.39, 0.29) is 0 Å². The minimum Gasteiger partial charge on any atom is -0.453 e. The van der Waals surface area contributed by atoms with Gasteiger partial charge >= 0.3 is 6.09 Å². The highest BCUT2D eigenvalue weighted by molar-refractivity contribution is 6.32. The Labute approximate surface area is 86.0 Å². The summed E-state index contributed by atoms with van der Waals surface area (Å²) in [6, 6.07) is 6.49. The van der Waals surface area contributed by atoms with Crippen LogP contribution in [0.3, 0.4) is 0 Å². The first-order chi connectivity index (χ1) is 6.67. The van der Waals surface area contributed by atoms with Gasteiger partial charge in [-0.25, -0.2) is 4.79 Å². The maximum absolute atomic E-state index is 10.8. The zero-order valence-electron chi connectivity index (χ0n) is 7.37. The van der Waals surface area contributed by atoms with Crippen molar-refractivity contribution in [2.75, 3.05) is 12.4 Å². The highest BCUT2D eigenvalue weighted by Gasteiger charge is 2.03. The van der Waals surface area contributed by atoms with Gasteiger partial charge in [0.2, 0.25) is 0 Å². The predicted octanol–water partition coefficient (Wildman–Crippen LogP) is 2.39. The van der Waals surface area contributed by atoms with Crippen LogP contribution >= 0.6 is 11.6 Å². The van der Waals surface area contributed by atoms with Crippen LogP contribution in [0.15, 0.2) is 18.2 Å². The van der Waals surface area contributed by atoms with Gasteiger partial charge in [0.1, 0.15) is 6.07 Å². The minimum absolute atomic E-state index is 0.293. The van der Waals surface area contributed by atoms with Crippen LogP contribution in [0.4, 0.5) is 10.5 Å². The van der Waals surface area contributed by atoms with Crippen LogP contribution in [-0.2, 0) is 4.74 Å². The predicted molar refractivity (Wildman–Crippen MR) is 52.2 cm³/mol. The number of rotatable bonds is 1. The Morgan fingerprint density at radius 2 is 2.36 bits per heavy atom. The van der Waals surface area contributed by atoms with Crippen LogP contribution in [0, 0.1) is 11.3 Å². The SMILES string of the molecule is COC(=O)Nc1ccc(C#N)c(Cl)c1. The highest BCUT2D eigenvalue weighted by Crippen LogP contribution is 2.20. The largest absolute Gasteiger partial charge is 0.453 e. The van der Waals surface area contributed by atoms with Crippen molar-refractivity contribution in [1.29, 1.82) is 5.26 Å². The fourth-order valence-electron chi connectivity index (χ4n) is 0.852. The van der Waals surface area contributed by atoms with E-state index in [0.29, 0.717) is 16.3 Å². The Kier molecular flexibility index (Phi) is 3.32. The molecule has 0 heterocycles. The number of nitrogens with one attached hydrogen (secondary N) is 1. The summed E-state index contributed by atoms with van der Waals surface area (Å²) in [4.78, 5) is 10.8. The number of halogens is 1. The highest BCUT2D eigenvalue weighted by atomic mass is 35.5. The summed E-state index contributed by atoms with van der Waals surface area (Å²) in [5, 5.41) is 11.3. The third kappa shape index (κ3) is 2.38. The molecule has 1 aromatic rings. The van der Waals surface area contributed by atoms with Crippen molar-refractivity contribution < 1.29 is 9.53 Å². The van der Waals surface area contributed by atoms with E-state index in [1.54, 1.807) is 6.07 Å². The first-order valence-electron chi connectivity index (χ1n) is 3.72. The summed E-state index contributed by atoms with van der Waals surface area (Å²) in [5.74, 6) is 0. The molecule has 0 bridgehead atoms. The van der Waals surface area contributed by atoms with Crippen LogP contribution in [0.1, 0.15) is 5.56 Å². The molecule has 0 radical (unpaired) electrons. The van der Waals surface area contributed by atoms with Gasteiger partial charge in [-0.1, -0.05) is 11.6 Å². The maximum Gasteiger partial charge on any atom is 0.411 e. The molecule has 4 nitrogen and oxygen atoms in total. The van der Waals surface area contributed by atoms with E-state index in [1.807, 2.05) is 6.07 Å². The third-order valence-electron chi connectivity index (χ3n) is 1.52. The topological polar surface area (TPSA) is 62.1 Å². The molecule has 1 aromatic carbocycles. The van der Waals surface area contributed by atoms with Gasteiger partial charge in [0, 0.05) is 5.69 Å². The molecule has 0 spiro atoms. The van der Waals surface area contributed by atoms with Gasteiger partial charge in [-0.2, -0.15) is 5.26 Å². The van der Waals surface area contributed by atoms with Gasteiger partial charge in [0.25, 0.3) is 0 Å². The Balaban J connectivity index is 2.88. The standard InChI is InChI=1S/C9H7ClN2O2/c1-14-9(13)12-7-3-2-6(5-11)8(10)4-7/h2-4H,1H3,(H,12,13). The second-order valence-corrected chi connectivity index (χ2v) is 2.83. The number of amides is 1. The number of nitriles is 1. The van der Waals surface area contributed by atoms with Gasteiger partial charge < -0.3 is 4.74 Å². The van der Waals surface area contributed by atoms with Crippen LogP contribution in [0.5, 0.6) is 0 Å². The Hall–Kier alpha value is -1.73. The molecule has 1 N–H and O–H groups in total. The van der Waals surface area contributed by atoms with Crippen molar-refractivity contribution in [3.05, 3.63) is 28.8 Å². The number of nitrogens with zero attached hydrogens (tertiary/aromatic N) is 1. The zero-order chi connectivity index (χ0) is 10.6. The molecule has 0 aliphatic heterocycles. The van der Waals surface area contributed by atoms with Crippen molar-refractivity contribution in [1.82, 2.24) is 0 Å². The minimum atomic E-state index is -0.578. The first kappa shape index (κ1) is 10.4. The molecule has 0 fully saturated rings. The van der Waals surface area contributed by atoms with E-state index >= 15 is 0 Å². The molecule has 5 heteroatoms. The molecule has 72 valence electrons. The van der Waals surface area contributed by atoms with Crippen molar-refractivity contribution in [3.63, 3.8) is 0 Å². The fraction of sp³-hybridized carbons (Fsp3) is 0.111. The van der Waals surface area contributed by atoms with Crippen molar-refractivity contribution in [2.24, 2.45) is 0 Å². The van der Waals surface area contributed by atoms with Crippen LogP contribution in [-0.4, -0.2) is 13.2 Å². The molecular formula is C9H7ClN2O2. The quantitative estimate of drug-likeness (QED) is 0.774. The monoisotopic (exact) mass is 210 g/mol. The summed E-state index contributed by atoms with van der Waals surface area (Å²) in [6.07, 6.45) is -0.578. The molecule has 0 unspecified atom stereocenters. The number of carbonyl (C=O) groups is 1. The molecule has 0 aromatic heterocycles. The fourth-order valence-corrected chi connectivity index (χ4v) is 1.08. The van der Waals surface area contributed by atoms with Crippen molar-refractivity contribution >= 4 is 23.4 Å². The zero-order valence-corrected chi connectivity index (χ0v) is 8.13. The first-order valence-corrected chi connectivity index (χ1v) is 4.10. The number of hydrogen-bond donors (Lipinski definition) is 1. The molecule has 0 saturated carbocycles. The lowest BCUT2D eigenvalue weighted by atomic mass is 10.2. The van der Waals surface area contributed by atoms with Gasteiger partial charge in [0.05, 0.1) is 17.7 Å². The molecule has 1 rings (SSSR count). The van der Waals surface area contributed by atoms with Gasteiger partial charge in [-0.05, 0) is 18.2 Å². The summed E-state index contributed by atoms with van der Waals surface area (Å²) in [6.45, 7) is 0. The van der Waals surface area contributed by atoms with Crippen LogP contribution < -0.4 is 5.32 Å². The second-order valence-electron chi connectivity index (χ2n) is 2.42. The number of anilines is 1. The molecule has 0 aliphatic rings. The second kappa shape index (κ2) is 4.49. The summed E-state index contributed by atoms with van der Waals surface area (Å²) in [7, 11) is 1.26. The lowest BCUT2D eigenvalue weighted by molar-refractivity contribution is 0.187. The molecule has 14 heavy (non-hydrogen) atoms. The summed E-state index contributed by atoms with van der Waals surface area (Å²) >= 11 is 5.74. The summed E-state index contributed by atoms with van der Waals surface area (Å²) < 4.78 is 4.39. The van der Waals surface area contributed by atoms with Crippen molar-refractivity contribution in [2.45, 2.75) is 0 Å². The Morgan fingerprint density at radius 3 is 2.86 bits per heavy atom. The van der Waals surface area contributed by atoms with E-state index in [9.17, 15) is 4.79 Å². The van der Waals surface area contributed by atoms with E-state index < -0.39 is 6.09 Å². The lowest BCUT2D eigenvalue weighted by Crippen LogP contribution is -2.10. The number of methoxy groups -OCH3 is 1. The lowest BCUT2D eigenvalue weighted by Gasteiger charge is -2.03. The van der Waals surface area contributed by atoms with Gasteiger partial charge in [-0.15, -0.1) is 0 Å². The Morgan fingerprint density at radius 1 is 1.64 bits per heavy atom. The normalized spacial score (nSPS) is 8.93. The van der Waals surface area contributed by atoms with Crippen LogP contribution in [0.25, 0.3) is 0 Å². The third-order valence-corrected chi connectivity index (χ3v) is 1.83. The molecule has 1 amide bonds. The number of hydrogen-bond acceptors (Lipinski definition) is 3. The number of ether oxygens (including phenoxy) is 1. The smallest absolute Gasteiger partial charge is 0.411 e. The number of carbonyl (C=O) groups excluding carboxylic acids is 1. The number of benzene rings is 1. The molecular weight excluding hydrogens is 204 g/mol. The average molecular weight is 211 g/mol.